The molecule has 2 saturated heterocycles. The molecule has 4 atom stereocenters. The SMILES string of the molecule is COc1cc(C(C(=O)N2C[C@H](O)C[C@H]2c2ncc(C(=O)N3CCCC(C(=O)Nc4ccccc4)C3)[nH]2)C(C)C)on1. The van der Waals surface area contributed by atoms with Crippen LogP contribution in [0, 0.1) is 11.8 Å². The van der Waals surface area contributed by atoms with Crippen molar-refractivity contribution in [2.75, 3.05) is 32.1 Å². The molecule has 2 aliphatic rings. The number of piperidine rings is 1. The molecule has 0 bridgehead atoms. The fourth-order valence-electron chi connectivity index (χ4n) is 5.67. The topological polar surface area (TPSA) is 154 Å². The molecule has 5 rings (SSSR count). The second-order valence-corrected chi connectivity index (χ2v) is 11.0. The predicted octanol–water partition coefficient (Wildman–Crippen LogP) is 2.97. The lowest BCUT2D eigenvalue weighted by Crippen LogP contribution is -2.44. The minimum atomic E-state index is -0.740. The fraction of sp³-hybridized carbons (Fsp3) is 0.483. The molecule has 3 N–H and O–H groups in total. The Bertz CT molecular complexity index is 1370. The summed E-state index contributed by atoms with van der Waals surface area (Å²) in [6.45, 7) is 4.79. The minimum Gasteiger partial charge on any atom is -0.479 e. The van der Waals surface area contributed by atoms with Gasteiger partial charge in [-0.25, -0.2) is 4.98 Å². The number of hydrogen-bond acceptors (Lipinski definition) is 8. The average molecular weight is 565 g/mol. The molecule has 2 fully saturated rings. The molecule has 218 valence electrons. The zero-order chi connectivity index (χ0) is 29.1. The highest BCUT2D eigenvalue weighted by Gasteiger charge is 2.42. The normalized spacial score (nSPS) is 21.6. The van der Waals surface area contributed by atoms with E-state index >= 15 is 0 Å². The van der Waals surface area contributed by atoms with E-state index in [1.165, 1.54) is 13.3 Å². The summed E-state index contributed by atoms with van der Waals surface area (Å²) in [5.41, 5.74) is 0.998. The Kier molecular flexibility index (Phi) is 8.39. The van der Waals surface area contributed by atoms with Gasteiger partial charge in [0.1, 0.15) is 17.4 Å². The molecule has 0 saturated carbocycles. The van der Waals surface area contributed by atoms with Crippen LogP contribution in [0.4, 0.5) is 5.69 Å². The Morgan fingerprint density at radius 3 is 2.68 bits per heavy atom. The first-order valence-corrected chi connectivity index (χ1v) is 13.9. The van der Waals surface area contributed by atoms with Gasteiger partial charge in [0.2, 0.25) is 11.8 Å². The van der Waals surface area contributed by atoms with Crippen LogP contribution >= 0.6 is 0 Å². The van der Waals surface area contributed by atoms with Gasteiger partial charge in [-0.1, -0.05) is 32.0 Å². The van der Waals surface area contributed by atoms with E-state index in [0.717, 1.165) is 5.69 Å². The molecule has 12 nitrogen and oxygen atoms in total. The van der Waals surface area contributed by atoms with Crippen LogP contribution in [0.3, 0.4) is 0 Å². The molecule has 0 aliphatic carbocycles. The molecule has 41 heavy (non-hydrogen) atoms. The van der Waals surface area contributed by atoms with Crippen LogP contribution in [-0.2, 0) is 9.59 Å². The molecule has 2 unspecified atom stereocenters. The van der Waals surface area contributed by atoms with E-state index in [-0.39, 0.29) is 54.1 Å². The number of ether oxygens (including phenoxy) is 1. The summed E-state index contributed by atoms with van der Waals surface area (Å²) in [6, 6.07) is 10.3. The largest absolute Gasteiger partial charge is 0.479 e. The van der Waals surface area contributed by atoms with E-state index in [9.17, 15) is 19.5 Å². The maximum atomic E-state index is 13.8. The quantitative estimate of drug-likeness (QED) is 0.377. The number of β-amino-alcohol motifs (C(OH)–C–C–N with tert-alkyl or cyclic N) is 1. The number of nitrogens with one attached hydrogen (secondary N) is 2. The predicted molar refractivity (Wildman–Crippen MR) is 148 cm³/mol. The monoisotopic (exact) mass is 564 g/mol. The zero-order valence-electron chi connectivity index (χ0n) is 23.4. The van der Waals surface area contributed by atoms with Crippen molar-refractivity contribution in [3.05, 3.63) is 59.9 Å². The molecule has 3 amide bonds. The number of aliphatic hydroxyl groups excluding tert-OH is 1. The number of amides is 3. The van der Waals surface area contributed by atoms with Gasteiger partial charge in [0.05, 0.1) is 31.4 Å². The van der Waals surface area contributed by atoms with Crippen LogP contribution < -0.4 is 10.1 Å². The lowest BCUT2D eigenvalue weighted by molar-refractivity contribution is -0.135. The number of likely N-dealkylation sites (tertiary alicyclic amines) is 2. The van der Waals surface area contributed by atoms with Crippen LogP contribution in [-0.4, -0.2) is 80.6 Å². The number of carbonyl (C=O) groups excluding carboxylic acids is 3. The zero-order valence-corrected chi connectivity index (χ0v) is 23.4. The number of para-hydroxylation sites is 1. The molecule has 2 aliphatic heterocycles. The van der Waals surface area contributed by atoms with Crippen molar-refractivity contribution < 1.29 is 28.8 Å². The summed E-state index contributed by atoms with van der Waals surface area (Å²) >= 11 is 0. The lowest BCUT2D eigenvalue weighted by Gasteiger charge is -2.31. The maximum absolute atomic E-state index is 13.8. The summed E-state index contributed by atoms with van der Waals surface area (Å²) in [7, 11) is 1.47. The summed E-state index contributed by atoms with van der Waals surface area (Å²) in [6.07, 6.45) is 2.40. The molecule has 0 spiro atoms. The molecule has 1 aromatic carbocycles. The molecular formula is C29H36N6O6. The Balaban J connectivity index is 1.28. The van der Waals surface area contributed by atoms with Gasteiger partial charge in [-0.2, -0.15) is 0 Å². The van der Waals surface area contributed by atoms with E-state index in [4.69, 9.17) is 9.26 Å². The third-order valence-electron chi connectivity index (χ3n) is 7.78. The number of rotatable bonds is 8. The molecule has 12 heteroatoms. The van der Waals surface area contributed by atoms with Crippen LogP contribution in [0.5, 0.6) is 5.88 Å². The van der Waals surface area contributed by atoms with E-state index in [0.29, 0.717) is 37.5 Å². The second kappa shape index (κ2) is 12.1. The van der Waals surface area contributed by atoms with Crippen LogP contribution in [0.2, 0.25) is 0 Å². The summed E-state index contributed by atoms with van der Waals surface area (Å²) in [5.74, 6) is -0.587. The highest BCUT2D eigenvalue weighted by Crippen LogP contribution is 2.37. The molecular weight excluding hydrogens is 528 g/mol. The maximum Gasteiger partial charge on any atom is 0.271 e. The summed E-state index contributed by atoms with van der Waals surface area (Å²) in [5, 5.41) is 17.3. The second-order valence-electron chi connectivity index (χ2n) is 11.0. The molecule has 2 aromatic heterocycles. The smallest absolute Gasteiger partial charge is 0.271 e. The summed E-state index contributed by atoms with van der Waals surface area (Å²) < 4.78 is 10.5. The van der Waals surface area contributed by atoms with Crippen molar-refractivity contribution in [2.45, 2.75) is 51.2 Å². The number of aromatic nitrogens is 3. The van der Waals surface area contributed by atoms with Crippen molar-refractivity contribution in [1.82, 2.24) is 24.9 Å². The number of benzene rings is 1. The first kappa shape index (κ1) is 28.3. The van der Waals surface area contributed by atoms with Gasteiger partial charge in [-0.05, 0) is 36.0 Å². The fourth-order valence-corrected chi connectivity index (χ4v) is 5.67. The minimum absolute atomic E-state index is 0.113. The first-order valence-electron chi connectivity index (χ1n) is 13.9. The lowest BCUT2D eigenvalue weighted by atomic mass is 9.91. The van der Waals surface area contributed by atoms with Gasteiger partial charge in [0.15, 0.2) is 5.76 Å². The number of H-pyrrole nitrogens is 1. The van der Waals surface area contributed by atoms with Crippen LogP contribution in [0.1, 0.15) is 67.1 Å². The number of nitrogens with zero attached hydrogens (tertiary/aromatic N) is 4. The van der Waals surface area contributed by atoms with E-state index in [1.807, 2.05) is 44.2 Å². The van der Waals surface area contributed by atoms with Gasteiger partial charge in [0, 0.05) is 37.8 Å². The number of anilines is 1. The average Bonchev–Trinajstić information content (AvgIpc) is 3.73. The Morgan fingerprint density at radius 2 is 1.98 bits per heavy atom. The van der Waals surface area contributed by atoms with Crippen molar-refractivity contribution >= 4 is 23.4 Å². The number of carbonyl (C=O) groups is 3. The third kappa shape index (κ3) is 6.12. The van der Waals surface area contributed by atoms with Crippen LogP contribution in [0.25, 0.3) is 0 Å². The van der Waals surface area contributed by atoms with Crippen molar-refractivity contribution in [1.29, 1.82) is 0 Å². The van der Waals surface area contributed by atoms with Crippen LogP contribution in [0.15, 0.2) is 47.1 Å². The standard InChI is InChI=1S/C29H36N6O6/c1-17(2)25(23-13-24(40-3)33-41-23)29(39)35-16-20(36)12-22(35)26-30-14-21(32-26)28(38)34-11-7-8-18(15-34)27(37)31-19-9-5-4-6-10-19/h4-6,9-10,13-14,17-18,20,22,25,36H,7-8,11-12,15-16H2,1-3H3,(H,30,32)(H,31,37)/t18?,20-,22+,25?/m1/s1. The molecule has 0 radical (unpaired) electrons. The van der Waals surface area contributed by atoms with Gasteiger partial charge >= 0.3 is 0 Å². The Hall–Kier alpha value is -4.19. The number of hydrogen-bond donors (Lipinski definition) is 3. The van der Waals surface area contributed by atoms with E-state index < -0.39 is 18.1 Å². The van der Waals surface area contributed by atoms with Gasteiger partial charge < -0.3 is 34.5 Å². The van der Waals surface area contributed by atoms with Gasteiger partial charge in [-0.15, -0.1) is 0 Å². The summed E-state index contributed by atoms with van der Waals surface area (Å²) in [4.78, 5) is 50.8. The Labute approximate surface area is 238 Å². The van der Waals surface area contributed by atoms with Gasteiger partial charge in [0.25, 0.3) is 11.8 Å². The molecule has 4 heterocycles. The van der Waals surface area contributed by atoms with Gasteiger partial charge in [-0.3, -0.25) is 14.4 Å². The molecule has 3 aromatic rings. The highest BCUT2D eigenvalue weighted by molar-refractivity contribution is 5.95. The third-order valence-corrected chi connectivity index (χ3v) is 7.78. The number of methoxy groups -OCH3 is 1. The van der Waals surface area contributed by atoms with E-state index in [1.54, 1.807) is 15.9 Å². The number of aromatic amines is 1. The van der Waals surface area contributed by atoms with E-state index in [2.05, 4.69) is 20.4 Å². The number of imidazole rings is 1. The number of aliphatic hydroxyl groups is 1. The Morgan fingerprint density at radius 1 is 1.20 bits per heavy atom. The van der Waals surface area contributed by atoms with Crippen molar-refractivity contribution in [3.8, 4) is 5.88 Å². The first-order chi connectivity index (χ1) is 19.7. The highest BCUT2D eigenvalue weighted by atomic mass is 16.5. The van der Waals surface area contributed by atoms with Crippen molar-refractivity contribution in [3.63, 3.8) is 0 Å². The van der Waals surface area contributed by atoms with Crippen molar-refractivity contribution in [2.24, 2.45) is 11.8 Å².